The standard InChI is InChI=1S/C22H43N5O9/c1-16(2)19(20(29)26-17(21(30)31)4-3-7-25-22(24)32)27-18(28)5-8-33-10-12-35-14-15-36-13-11-34-9-6-23/h16-17,19H,3-15,23H2,1-2H3,(H,26,29)(H,27,28)(H,30,31)(H3,24,25,32)/t17-,19-/m0/s1. The number of amides is 4. The van der Waals surface area contributed by atoms with Crippen LogP contribution in [0.4, 0.5) is 4.79 Å². The van der Waals surface area contributed by atoms with Crippen molar-refractivity contribution in [3.8, 4) is 0 Å². The molecule has 0 aliphatic rings. The quantitative estimate of drug-likeness (QED) is 0.0861. The van der Waals surface area contributed by atoms with Crippen molar-refractivity contribution in [2.45, 2.75) is 45.2 Å². The summed E-state index contributed by atoms with van der Waals surface area (Å²) in [5, 5.41) is 16.8. The van der Waals surface area contributed by atoms with Gasteiger partial charge in [0.1, 0.15) is 12.1 Å². The smallest absolute Gasteiger partial charge is 0.326 e. The first-order valence-corrected chi connectivity index (χ1v) is 12.1. The lowest BCUT2D eigenvalue weighted by Gasteiger charge is -2.24. The van der Waals surface area contributed by atoms with E-state index in [1.807, 2.05) is 0 Å². The fourth-order valence-electron chi connectivity index (χ4n) is 2.83. The topological polar surface area (TPSA) is 214 Å². The molecule has 0 saturated carbocycles. The molecule has 210 valence electrons. The molecule has 0 aliphatic heterocycles. The van der Waals surface area contributed by atoms with Gasteiger partial charge in [-0.25, -0.2) is 9.59 Å². The predicted octanol–water partition coefficient (Wildman–Crippen LogP) is -1.44. The molecule has 0 saturated heterocycles. The second-order valence-electron chi connectivity index (χ2n) is 8.11. The molecule has 36 heavy (non-hydrogen) atoms. The van der Waals surface area contributed by atoms with Crippen LogP contribution in [0.25, 0.3) is 0 Å². The summed E-state index contributed by atoms with van der Waals surface area (Å²) in [6.45, 7) is 7.21. The normalized spacial score (nSPS) is 12.7. The molecule has 2 atom stereocenters. The van der Waals surface area contributed by atoms with Gasteiger partial charge in [0.2, 0.25) is 11.8 Å². The molecule has 0 aromatic heterocycles. The zero-order valence-electron chi connectivity index (χ0n) is 21.3. The highest BCUT2D eigenvalue weighted by molar-refractivity contribution is 5.90. The van der Waals surface area contributed by atoms with Crippen LogP contribution < -0.4 is 27.4 Å². The van der Waals surface area contributed by atoms with Gasteiger partial charge in [-0.15, -0.1) is 0 Å². The fraction of sp³-hybridized carbons (Fsp3) is 0.818. The summed E-state index contributed by atoms with van der Waals surface area (Å²) in [4.78, 5) is 47.0. The highest BCUT2D eigenvalue weighted by Crippen LogP contribution is 2.05. The number of carboxylic acids is 1. The summed E-state index contributed by atoms with van der Waals surface area (Å²) < 4.78 is 21.2. The summed E-state index contributed by atoms with van der Waals surface area (Å²) in [6.07, 6.45) is 0.423. The van der Waals surface area contributed by atoms with Gasteiger partial charge in [-0.1, -0.05) is 13.8 Å². The Bertz CT molecular complexity index is 637. The van der Waals surface area contributed by atoms with Gasteiger partial charge in [-0.05, 0) is 18.8 Å². The van der Waals surface area contributed by atoms with Gasteiger partial charge in [0, 0.05) is 19.5 Å². The lowest BCUT2D eigenvalue weighted by molar-refractivity contribution is -0.142. The number of nitrogens with one attached hydrogen (secondary N) is 3. The van der Waals surface area contributed by atoms with Crippen LogP contribution >= 0.6 is 0 Å². The second-order valence-corrected chi connectivity index (χ2v) is 8.11. The average Bonchev–Trinajstić information content (AvgIpc) is 2.81. The lowest BCUT2D eigenvalue weighted by atomic mass is 10.0. The Morgan fingerprint density at radius 2 is 1.36 bits per heavy atom. The maximum atomic E-state index is 12.6. The molecule has 0 rings (SSSR count). The molecule has 0 aromatic carbocycles. The van der Waals surface area contributed by atoms with Crippen LogP contribution in [-0.2, 0) is 33.3 Å². The molecule has 0 radical (unpaired) electrons. The summed E-state index contributed by atoms with van der Waals surface area (Å²) in [7, 11) is 0. The Hall–Kier alpha value is -2.52. The largest absolute Gasteiger partial charge is 0.480 e. The highest BCUT2D eigenvalue weighted by Gasteiger charge is 2.28. The van der Waals surface area contributed by atoms with Crippen LogP contribution in [0.1, 0.15) is 33.1 Å². The van der Waals surface area contributed by atoms with Gasteiger partial charge in [-0.3, -0.25) is 9.59 Å². The Balaban J connectivity index is 4.13. The van der Waals surface area contributed by atoms with E-state index in [2.05, 4.69) is 16.0 Å². The third kappa shape index (κ3) is 18.8. The molecule has 0 unspecified atom stereocenters. The number of rotatable bonds is 23. The molecule has 0 bridgehead atoms. The first kappa shape index (κ1) is 33.5. The third-order valence-corrected chi connectivity index (χ3v) is 4.70. The van der Waals surface area contributed by atoms with E-state index >= 15 is 0 Å². The summed E-state index contributed by atoms with van der Waals surface area (Å²) in [6, 6.07) is -2.79. The molecular weight excluding hydrogens is 478 g/mol. The van der Waals surface area contributed by atoms with Crippen molar-refractivity contribution in [1.29, 1.82) is 0 Å². The van der Waals surface area contributed by atoms with E-state index in [4.69, 9.17) is 30.4 Å². The number of hydrogen-bond donors (Lipinski definition) is 6. The Morgan fingerprint density at radius 3 is 1.83 bits per heavy atom. The van der Waals surface area contributed by atoms with Gasteiger partial charge in [-0.2, -0.15) is 0 Å². The van der Waals surface area contributed by atoms with Crippen molar-refractivity contribution in [3.05, 3.63) is 0 Å². The van der Waals surface area contributed by atoms with Crippen molar-refractivity contribution in [3.63, 3.8) is 0 Å². The van der Waals surface area contributed by atoms with Crippen molar-refractivity contribution >= 4 is 23.8 Å². The van der Waals surface area contributed by atoms with Gasteiger partial charge in [0.05, 0.1) is 52.9 Å². The lowest BCUT2D eigenvalue weighted by Crippen LogP contribution is -2.53. The SMILES string of the molecule is CC(C)[C@H](NC(=O)CCOCCOCCOCCOCCN)C(=O)N[C@@H](CCCNC(N)=O)C(=O)O. The van der Waals surface area contributed by atoms with E-state index < -0.39 is 35.9 Å². The third-order valence-electron chi connectivity index (χ3n) is 4.70. The number of nitrogens with two attached hydrogens (primary N) is 2. The van der Waals surface area contributed by atoms with E-state index in [1.165, 1.54) is 0 Å². The number of primary amides is 1. The van der Waals surface area contributed by atoms with Gasteiger partial charge >= 0.3 is 12.0 Å². The van der Waals surface area contributed by atoms with Crippen molar-refractivity contribution < 1.29 is 43.2 Å². The van der Waals surface area contributed by atoms with E-state index in [0.29, 0.717) is 59.2 Å². The maximum absolute atomic E-state index is 12.6. The highest BCUT2D eigenvalue weighted by atomic mass is 16.6. The number of ether oxygens (including phenoxy) is 4. The number of carbonyl (C=O) groups is 4. The number of aliphatic carboxylic acids is 1. The number of carbonyl (C=O) groups excluding carboxylic acids is 3. The molecule has 0 heterocycles. The maximum Gasteiger partial charge on any atom is 0.326 e. The van der Waals surface area contributed by atoms with Crippen LogP contribution in [0.3, 0.4) is 0 Å². The zero-order valence-corrected chi connectivity index (χ0v) is 21.3. The Labute approximate surface area is 212 Å². The van der Waals surface area contributed by atoms with E-state index in [9.17, 15) is 24.3 Å². The summed E-state index contributed by atoms with van der Waals surface area (Å²) in [5.74, 6) is -2.48. The first-order valence-electron chi connectivity index (χ1n) is 12.1. The second kappa shape index (κ2) is 21.7. The molecule has 0 spiro atoms. The first-order chi connectivity index (χ1) is 17.2. The van der Waals surface area contributed by atoms with Crippen molar-refractivity contribution in [2.75, 3.05) is 65.9 Å². The van der Waals surface area contributed by atoms with Crippen LogP contribution in [0.5, 0.6) is 0 Å². The van der Waals surface area contributed by atoms with Crippen LogP contribution in [0.2, 0.25) is 0 Å². The fourth-order valence-corrected chi connectivity index (χ4v) is 2.83. The number of urea groups is 1. The molecule has 14 heteroatoms. The Morgan fingerprint density at radius 1 is 0.833 bits per heavy atom. The predicted molar refractivity (Wildman–Crippen MR) is 130 cm³/mol. The molecule has 0 aromatic rings. The number of hydrogen-bond acceptors (Lipinski definition) is 9. The van der Waals surface area contributed by atoms with Gasteiger partial charge < -0.3 is 51.5 Å². The average molecular weight is 522 g/mol. The van der Waals surface area contributed by atoms with Crippen molar-refractivity contribution in [2.24, 2.45) is 17.4 Å². The van der Waals surface area contributed by atoms with Gasteiger partial charge in [0.25, 0.3) is 0 Å². The number of carboxylic acid groups (broad SMARTS) is 1. The minimum absolute atomic E-state index is 0.0313. The minimum atomic E-state index is -1.21. The molecule has 0 fully saturated rings. The van der Waals surface area contributed by atoms with Crippen molar-refractivity contribution in [1.82, 2.24) is 16.0 Å². The minimum Gasteiger partial charge on any atom is -0.480 e. The monoisotopic (exact) mass is 521 g/mol. The molecule has 4 amide bonds. The molecule has 8 N–H and O–H groups in total. The molecular formula is C22H43N5O9. The Kier molecular flexibility index (Phi) is 20.2. The zero-order chi connectivity index (χ0) is 27.2. The van der Waals surface area contributed by atoms with Crippen LogP contribution in [0, 0.1) is 5.92 Å². The van der Waals surface area contributed by atoms with Crippen LogP contribution in [-0.4, -0.2) is 107 Å². The summed E-state index contributed by atoms with van der Waals surface area (Å²) in [5.41, 5.74) is 10.3. The van der Waals surface area contributed by atoms with E-state index in [-0.39, 0.29) is 31.9 Å². The van der Waals surface area contributed by atoms with Crippen LogP contribution in [0.15, 0.2) is 0 Å². The summed E-state index contributed by atoms with van der Waals surface area (Å²) >= 11 is 0. The molecule has 14 nitrogen and oxygen atoms in total. The molecule has 0 aliphatic carbocycles. The van der Waals surface area contributed by atoms with E-state index in [0.717, 1.165) is 0 Å². The van der Waals surface area contributed by atoms with Gasteiger partial charge in [0.15, 0.2) is 0 Å². The van der Waals surface area contributed by atoms with E-state index in [1.54, 1.807) is 13.8 Å².